The lowest BCUT2D eigenvalue weighted by molar-refractivity contribution is 0.102. The maximum Gasteiger partial charge on any atom is 0.273 e. The van der Waals surface area contributed by atoms with Crippen LogP contribution in [0.4, 0.5) is 5.82 Å². The van der Waals surface area contributed by atoms with Crippen LogP contribution in [-0.2, 0) is 7.05 Å². The lowest BCUT2D eigenvalue weighted by Gasteiger charge is -2.08. The molecular formula is C21H19BrN4O. The number of amides is 1. The summed E-state index contributed by atoms with van der Waals surface area (Å²) >= 11 is 3.46. The Morgan fingerprint density at radius 2 is 1.85 bits per heavy atom. The second-order valence-electron chi connectivity index (χ2n) is 6.67. The van der Waals surface area contributed by atoms with Gasteiger partial charge in [-0.15, -0.1) is 0 Å². The van der Waals surface area contributed by atoms with Crippen LogP contribution in [0.3, 0.4) is 0 Å². The summed E-state index contributed by atoms with van der Waals surface area (Å²) in [7, 11) is 1.83. The average Bonchev–Trinajstić information content (AvgIpc) is 3.16. The molecule has 0 aliphatic carbocycles. The van der Waals surface area contributed by atoms with Gasteiger partial charge in [-0.3, -0.25) is 9.48 Å². The van der Waals surface area contributed by atoms with Gasteiger partial charge in [0.15, 0.2) is 0 Å². The molecule has 5 nitrogen and oxygen atoms in total. The fourth-order valence-electron chi connectivity index (χ4n) is 3.30. The first-order valence-electron chi connectivity index (χ1n) is 8.62. The van der Waals surface area contributed by atoms with E-state index < -0.39 is 0 Å². The quantitative estimate of drug-likeness (QED) is 0.476. The van der Waals surface area contributed by atoms with Crippen LogP contribution in [0.1, 0.15) is 21.7 Å². The summed E-state index contributed by atoms with van der Waals surface area (Å²) in [5.41, 5.74) is 5.42. The molecule has 1 amide bonds. The molecule has 0 spiro atoms. The number of hydrogen-bond donors (Lipinski definition) is 2. The number of benzene rings is 2. The summed E-state index contributed by atoms with van der Waals surface area (Å²) in [6, 6.07) is 15.9. The van der Waals surface area contributed by atoms with Crippen molar-refractivity contribution < 1.29 is 4.79 Å². The van der Waals surface area contributed by atoms with Crippen molar-refractivity contribution in [2.45, 2.75) is 13.8 Å². The zero-order chi connectivity index (χ0) is 19.1. The molecule has 0 saturated carbocycles. The predicted octanol–water partition coefficient (Wildman–Crippen LogP) is 5.20. The van der Waals surface area contributed by atoms with Gasteiger partial charge in [-0.05, 0) is 49.2 Å². The fourth-order valence-corrected chi connectivity index (χ4v) is 3.57. The number of anilines is 1. The minimum Gasteiger partial charge on any atom is -0.351 e. The fraction of sp³-hybridized carbons (Fsp3) is 0.143. The number of halogens is 1. The van der Waals surface area contributed by atoms with Gasteiger partial charge in [-0.2, -0.15) is 5.10 Å². The summed E-state index contributed by atoms with van der Waals surface area (Å²) in [4.78, 5) is 16.1. The van der Waals surface area contributed by atoms with E-state index in [4.69, 9.17) is 0 Å². The van der Waals surface area contributed by atoms with Crippen molar-refractivity contribution in [3.05, 3.63) is 70.0 Å². The minimum absolute atomic E-state index is 0.190. The third kappa shape index (κ3) is 3.28. The predicted molar refractivity (Wildman–Crippen MR) is 112 cm³/mol. The number of hydrogen-bond acceptors (Lipinski definition) is 2. The number of fused-ring (bicyclic) bond motifs is 1. The molecule has 2 aromatic heterocycles. The lowest BCUT2D eigenvalue weighted by Crippen LogP contribution is -2.15. The van der Waals surface area contributed by atoms with Gasteiger partial charge in [-0.1, -0.05) is 40.2 Å². The van der Waals surface area contributed by atoms with E-state index in [2.05, 4.69) is 31.3 Å². The Kier molecular flexibility index (Phi) is 4.36. The van der Waals surface area contributed by atoms with E-state index in [1.165, 1.54) is 0 Å². The van der Waals surface area contributed by atoms with E-state index in [9.17, 15) is 4.79 Å². The van der Waals surface area contributed by atoms with E-state index in [1.807, 2.05) is 69.4 Å². The normalized spacial score (nSPS) is 11.1. The third-order valence-electron chi connectivity index (χ3n) is 4.61. The zero-order valence-electron chi connectivity index (χ0n) is 15.3. The molecule has 27 heavy (non-hydrogen) atoms. The van der Waals surface area contributed by atoms with Crippen molar-refractivity contribution in [1.29, 1.82) is 0 Å². The van der Waals surface area contributed by atoms with Crippen LogP contribution >= 0.6 is 15.9 Å². The van der Waals surface area contributed by atoms with Crippen molar-refractivity contribution in [2.75, 3.05) is 5.32 Å². The number of carbonyl (C=O) groups excluding carboxylic acids is 1. The Labute approximate surface area is 165 Å². The second-order valence-corrected chi connectivity index (χ2v) is 7.58. The van der Waals surface area contributed by atoms with E-state index in [0.717, 1.165) is 37.8 Å². The molecule has 136 valence electrons. The summed E-state index contributed by atoms with van der Waals surface area (Å²) < 4.78 is 2.71. The molecular weight excluding hydrogens is 404 g/mol. The first kappa shape index (κ1) is 17.5. The molecule has 0 aliphatic rings. The molecule has 4 aromatic rings. The molecule has 0 atom stereocenters. The number of nitrogens with one attached hydrogen (secondary N) is 2. The van der Waals surface area contributed by atoms with Gasteiger partial charge < -0.3 is 10.3 Å². The van der Waals surface area contributed by atoms with Crippen LogP contribution in [0.2, 0.25) is 0 Å². The topological polar surface area (TPSA) is 62.7 Å². The summed E-state index contributed by atoms with van der Waals surface area (Å²) in [5, 5.41) is 8.53. The molecule has 0 saturated heterocycles. The molecule has 0 fully saturated rings. The largest absolute Gasteiger partial charge is 0.351 e. The van der Waals surface area contributed by atoms with Crippen LogP contribution in [-0.4, -0.2) is 20.7 Å². The van der Waals surface area contributed by atoms with Crippen molar-refractivity contribution in [2.24, 2.45) is 7.05 Å². The summed E-state index contributed by atoms with van der Waals surface area (Å²) in [5.74, 6) is 0.486. The Morgan fingerprint density at radius 1 is 1.11 bits per heavy atom. The standard InChI is InChI=1S/C21H19BrN4O/c1-12-4-5-15-11-18(23-17(15)10-12)21(27)24-20-19(13(2)25-26(20)3)14-6-8-16(22)9-7-14/h4-11,23H,1-3H3,(H,24,27). The number of carbonyl (C=O) groups is 1. The highest BCUT2D eigenvalue weighted by molar-refractivity contribution is 9.10. The van der Waals surface area contributed by atoms with E-state index in [1.54, 1.807) is 4.68 Å². The Balaban J connectivity index is 1.71. The Morgan fingerprint density at radius 3 is 2.59 bits per heavy atom. The number of rotatable bonds is 3. The molecule has 0 aliphatic heterocycles. The molecule has 4 rings (SSSR count). The number of nitrogens with zero attached hydrogens (tertiary/aromatic N) is 2. The first-order valence-corrected chi connectivity index (χ1v) is 9.42. The third-order valence-corrected chi connectivity index (χ3v) is 5.14. The smallest absolute Gasteiger partial charge is 0.273 e. The van der Waals surface area contributed by atoms with Crippen molar-refractivity contribution >= 4 is 38.6 Å². The monoisotopic (exact) mass is 422 g/mol. The molecule has 2 N–H and O–H groups in total. The van der Waals surface area contributed by atoms with Crippen LogP contribution in [0.15, 0.2) is 53.0 Å². The van der Waals surface area contributed by atoms with Gasteiger partial charge in [0.25, 0.3) is 5.91 Å². The van der Waals surface area contributed by atoms with Gasteiger partial charge in [0.2, 0.25) is 0 Å². The Hall–Kier alpha value is -2.86. The summed E-state index contributed by atoms with van der Waals surface area (Å²) in [6.07, 6.45) is 0. The highest BCUT2D eigenvalue weighted by atomic mass is 79.9. The molecule has 2 aromatic carbocycles. The van der Waals surface area contributed by atoms with Crippen LogP contribution in [0.25, 0.3) is 22.0 Å². The first-order chi connectivity index (χ1) is 12.9. The zero-order valence-corrected chi connectivity index (χ0v) is 16.9. The maximum absolute atomic E-state index is 12.9. The van der Waals surface area contributed by atoms with Gasteiger partial charge in [0, 0.05) is 28.0 Å². The number of aromatic amines is 1. The molecule has 2 heterocycles. The van der Waals surface area contributed by atoms with Crippen molar-refractivity contribution in [3.8, 4) is 11.1 Å². The lowest BCUT2D eigenvalue weighted by atomic mass is 10.1. The van der Waals surface area contributed by atoms with E-state index >= 15 is 0 Å². The number of H-pyrrole nitrogens is 1. The maximum atomic E-state index is 12.9. The van der Waals surface area contributed by atoms with Crippen molar-refractivity contribution in [1.82, 2.24) is 14.8 Å². The second kappa shape index (κ2) is 6.70. The van der Waals surface area contributed by atoms with E-state index in [0.29, 0.717) is 11.5 Å². The molecule has 0 bridgehead atoms. The summed E-state index contributed by atoms with van der Waals surface area (Å²) in [6.45, 7) is 3.97. The van der Waals surface area contributed by atoms with Gasteiger partial charge in [0.05, 0.1) is 5.69 Å². The van der Waals surface area contributed by atoms with Crippen LogP contribution < -0.4 is 5.32 Å². The number of aryl methyl sites for hydroxylation is 3. The van der Waals surface area contributed by atoms with Crippen molar-refractivity contribution in [3.63, 3.8) is 0 Å². The minimum atomic E-state index is -0.190. The van der Waals surface area contributed by atoms with Crippen LogP contribution in [0, 0.1) is 13.8 Å². The molecule has 0 radical (unpaired) electrons. The average molecular weight is 423 g/mol. The van der Waals surface area contributed by atoms with Gasteiger partial charge in [-0.25, -0.2) is 0 Å². The Bertz CT molecular complexity index is 1160. The molecule has 0 unspecified atom stereocenters. The van der Waals surface area contributed by atoms with Crippen LogP contribution in [0.5, 0.6) is 0 Å². The highest BCUT2D eigenvalue weighted by Crippen LogP contribution is 2.32. The van der Waals surface area contributed by atoms with Gasteiger partial charge >= 0.3 is 0 Å². The van der Waals surface area contributed by atoms with Gasteiger partial charge in [0.1, 0.15) is 11.5 Å². The highest BCUT2D eigenvalue weighted by Gasteiger charge is 2.19. The van der Waals surface area contributed by atoms with E-state index in [-0.39, 0.29) is 5.91 Å². The molecule has 6 heteroatoms. The SMILES string of the molecule is Cc1ccc2cc(C(=O)Nc3c(-c4ccc(Br)cc4)c(C)nn3C)[nH]c2c1. The number of aromatic nitrogens is 3.